The van der Waals surface area contributed by atoms with Gasteiger partial charge in [0.1, 0.15) is 0 Å². The maximum absolute atomic E-state index is 11.7. The molecule has 0 spiro atoms. The van der Waals surface area contributed by atoms with Crippen LogP contribution in [-0.4, -0.2) is 9.13 Å². The molecule has 15 heavy (non-hydrogen) atoms. The summed E-state index contributed by atoms with van der Waals surface area (Å²) in [5.74, 6) is 0. The number of hydrogen-bond donors (Lipinski definition) is 0. The van der Waals surface area contributed by atoms with Crippen LogP contribution in [0.4, 0.5) is 0 Å². The molecule has 0 saturated heterocycles. The lowest BCUT2D eigenvalue weighted by molar-refractivity contribution is 0.794. The Bertz CT molecular complexity index is 613. The zero-order chi connectivity index (χ0) is 11.0. The number of rotatable bonds is 1. The van der Waals surface area contributed by atoms with Gasteiger partial charge in [-0.2, -0.15) is 5.26 Å². The molecular weight excluding hydrogens is 190 g/mol. The zero-order valence-corrected chi connectivity index (χ0v) is 8.69. The van der Waals surface area contributed by atoms with E-state index in [2.05, 4.69) is 6.07 Å². The fraction of sp³-hybridized carbons (Fsp3) is 0.273. The van der Waals surface area contributed by atoms with E-state index in [1.165, 1.54) is 0 Å². The van der Waals surface area contributed by atoms with Gasteiger partial charge in [-0.05, 0) is 11.6 Å². The molecule has 1 aromatic heterocycles. The molecule has 4 nitrogen and oxygen atoms in total. The van der Waals surface area contributed by atoms with E-state index in [0.717, 1.165) is 16.6 Å². The Morgan fingerprint density at radius 2 is 2.07 bits per heavy atom. The third-order valence-electron chi connectivity index (χ3n) is 2.64. The summed E-state index contributed by atoms with van der Waals surface area (Å²) < 4.78 is 3.18. The molecule has 0 aliphatic rings. The zero-order valence-electron chi connectivity index (χ0n) is 8.69. The second kappa shape index (κ2) is 3.28. The highest BCUT2D eigenvalue weighted by atomic mass is 16.1. The summed E-state index contributed by atoms with van der Waals surface area (Å²) in [6.45, 7) is 0. The first kappa shape index (κ1) is 9.53. The Labute approximate surface area is 87.0 Å². The van der Waals surface area contributed by atoms with Crippen LogP contribution in [0.1, 0.15) is 5.56 Å². The lowest BCUT2D eigenvalue weighted by Crippen LogP contribution is -2.19. The lowest BCUT2D eigenvalue weighted by Gasteiger charge is -1.99. The summed E-state index contributed by atoms with van der Waals surface area (Å²) >= 11 is 0. The standard InChI is InChI=1S/C11H11N3O/c1-13-9-5-3-4-8(6-7-12)10(9)14(2)11(13)15/h3-5H,6H2,1-2H3. The number of benzene rings is 1. The van der Waals surface area contributed by atoms with Crippen molar-refractivity contribution in [3.8, 4) is 6.07 Å². The number of para-hydroxylation sites is 1. The van der Waals surface area contributed by atoms with Crippen molar-refractivity contribution < 1.29 is 0 Å². The molecule has 0 aliphatic heterocycles. The molecule has 2 aromatic rings. The Hall–Kier alpha value is -2.02. The first-order chi connectivity index (χ1) is 7.16. The summed E-state index contributed by atoms with van der Waals surface area (Å²) in [5.41, 5.74) is 2.56. The van der Waals surface area contributed by atoms with E-state index >= 15 is 0 Å². The van der Waals surface area contributed by atoms with Crippen LogP contribution in [0.25, 0.3) is 11.0 Å². The van der Waals surface area contributed by atoms with Crippen LogP contribution >= 0.6 is 0 Å². The number of hydrogen-bond acceptors (Lipinski definition) is 2. The van der Waals surface area contributed by atoms with Crippen molar-refractivity contribution >= 4 is 11.0 Å². The van der Waals surface area contributed by atoms with Crippen LogP contribution in [0, 0.1) is 11.3 Å². The fourth-order valence-electron chi connectivity index (χ4n) is 1.89. The van der Waals surface area contributed by atoms with Crippen molar-refractivity contribution in [3.63, 3.8) is 0 Å². The largest absolute Gasteiger partial charge is 0.328 e. The second-order valence-corrected chi connectivity index (χ2v) is 3.52. The van der Waals surface area contributed by atoms with Crippen LogP contribution in [0.3, 0.4) is 0 Å². The quantitative estimate of drug-likeness (QED) is 0.689. The average Bonchev–Trinajstić information content (AvgIpc) is 2.46. The maximum Gasteiger partial charge on any atom is 0.328 e. The van der Waals surface area contributed by atoms with Crippen molar-refractivity contribution in [2.45, 2.75) is 6.42 Å². The van der Waals surface area contributed by atoms with Crippen LogP contribution in [-0.2, 0) is 20.5 Å². The van der Waals surface area contributed by atoms with Crippen molar-refractivity contribution in [2.75, 3.05) is 0 Å². The van der Waals surface area contributed by atoms with Gasteiger partial charge in [0.2, 0.25) is 0 Å². The van der Waals surface area contributed by atoms with Gasteiger partial charge in [0, 0.05) is 14.1 Å². The van der Waals surface area contributed by atoms with E-state index in [1.807, 2.05) is 18.2 Å². The van der Waals surface area contributed by atoms with E-state index in [9.17, 15) is 4.79 Å². The van der Waals surface area contributed by atoms with Gasteiger partial charge < -0.3 is 0 Å². The molecule has 0 saturated carbocycles. The molecule has 2 rings (SSSR count). The molecule has 1 heterocycles. The van der Waals surface area contributed by atoms with Crippen LogP contribution in [0.2, 0.25) is 0 Å². The minimum atomic E-state index is -0.0598. The SMILES string of the molecule is Cn1c(=O)n(C)c2c(CC#N)cccc21. The number of imidazole rings is 1. The van der Waals surface area contributed by atoms with E-state index in [4.69, 9.17) is 5.26 Å². The van der Waals surface area contributed by atoms with Crippen molar-refractivity contribution in [1.82, 2.24) is 9.13 Å². The van der Waals surface area contributed by atoms with Gasteiger partial charge in [0.15, 0.2) is 0 Å². The van der Waals surface area contributed by atoms with Crippen molar-refractivity contribution in [3.05, 3.63) is 34.2 Å². The molecular formula is C11H11N3O. The topological polar surface area (TPSA) is 50.7 Å². The molecule has 0 atom stereocenters. The van der Waals surface area contributed by atoms with Crippen LogP contribution < -0.4 is 5.69 Å². The molecule has 76 valence electrons. The highest BCUT2D eigenvalue weighted by Gasteiger charge is 2.10. The summed E-state index contributed by atoms with van der Waals surface area (Å²) in [6.07, 6.45) is 0.328. The van der Waals surface area contributed by atoms with E-state index in [-0.39, 0.29) is 5.69 Å². The molecule has 0 unspecified atom stereocenters. The average molecular weight is 201 g/mol. The van der Waals surface area contributed by atoms with Gasteiger partial charge in [-0.25, -0.2) is 4.79 Å². The third kappa shape index (κ3) is 1.24. The number of nitriles is 1. The second-order valence-electron chi connectivity index (χ2n) is 3.52. The van der Waals surface area contributed by atoms with E-state index < -0.39 is 0 Å². The summed E-state index contributed by atoms with van der Waals surface area (Å²) in [6, 6.07) is 7.74. The van der Waals surface area contributed by atoms with Crippen molar-refractivity contribution in [2.24, 2.45) is 14.1 Å². The highest BCUT2D eigenvalue weighted by Crippen LogP contribution is 2.16. The Morgan fingerprint density at radius 1 is 1.33 bits per heavy atom. The predicted octanol–water partition coefficient (Wildman–Crippen LogP) is 0.943. The third-order valence-corrected chi connectivity index (χ3v) is 2.64. The number of aryl methyl sites for hydroxylation is 2. The predicted molar refractivity (Wildman–Crippen MR) is 57.5 cm³/mol. The lowest BCUT2D eigenvalue weighted by atomic mass is 10.1. The minimum Gasteiger partial charge on any atom is -0.295 e. The van der Waals surface area contributed by atoms with Crippen LogP contribution in [0.15, 0.2) is 23.0 Å². The normalized spacial score (nSPS) is 10.5. The Kier molecular flexibility index (Phi) is 2.09. The van der Waals surface area contributed by atoms with E-state index in [1.54, 1.807) is 23.2 Å². The molecule has 0 radical (unpaired) electrons. The van der Waals surface area contributed by atoms with Gasteiger partial charge >= 0.3 is 5.69 Å². The van der Waals surface area contributed by atoms with Gasteiger partial charge in [-0.15, -0.1) is 0 Å². The minimum absolute atomic E-state index is 0.0598. The highest BCUT2D eigenvalue weighted by molar-refractivity contribution is 5.80. The molecule has 0 fully saturated rings. The first-order valence-corrected chi connectivity index (χ1v) is 4.67. The monoisotopic (exact) mass is 201 g/mol. The van der Waals surface area contributed by atoms with Gasteiger partial charge in [0.25, 0.3) is 0 Å². The molecule has 4 heteroatoms. The Morgan fingerprint density at radius 3 is 2.73 bits per heavy atom. The Balaban J connectivity index is 2.93. The molecule has 1 aromatic carbocycles. The molecule has 0 amide bonds. The van der Waals surface area contributed by atoms with E-state index in [0.29, 0.717) is 6.42 Å². The smallest absolute Gasteiger partial charge is 0.295 e. The first-order valence-electron chi connectivity index (χ1n) is 4.67. The van der Waals surface area contributed by atoms with Gasteiger partial charge in [-0.1, -0.05) is 12.1 Å². The van der Waals surface area contributed by atoms with Gasteiger partial charge in [0.05, 0.1) is 23.5 Å². The molecule has 0 N–H and O–H groups in total. The van der Waals surface area contributed by atoms with Crippen LogP contribution in [0.5, 0.6) is 0 Å². The maximum atomic E-state index is 11.7. The summed E-state index contributed by atoms with van der Waals surface area (Å²) in [4.78, 5) is 11.7. The molecule has 0 bridgehead atoms. The summed E-state index contributed by atoms with van der Waals surface area (Å²) in [7, 11) is 3.46. The van der Waals surface area contributed by atoms with Crippen molar-refractivity contribution in [1.29, 1.82) is 5.26 Å². The van der Waals surface area contributed by atoms with Gasteiger partial charge in [-0.3, -0.25) is 9.13 Å². The fourth-order valence-corrected chi connectivity index (χ4v) is 1.89. The number of aromatic nitrogens is 2. The molecule has 0 aliphatic carbocycles. The number of fused-ring (bicyclic) bond motifs is 1. The summed E-state index contributed by atoms with van der Waals surface area (Å²) in [5, 5.41) is 8.70. The number of nitrogens with zero attached hydrogens (tertiary/aromatic N) is 3.